The second kappa shape index (κ2) is 4.78. The minimum Gasteiger partial charge on any atom is -0.360 e. The number of H-pyrrole nitrogens is 2. The summed E-state index contributed by atoms with van der Waals surface area (Å²) in [4.78, 5) is 19.0. The molecule has 8 heteroatoms. The topological polar surface area (TPSA) is 86.5 Å². The first kappa shape index (κ1) is 12.4. The van der Waals surface area contributed by atoms with Gasteiger partial charge in [-0.3, -0.25) is 10.1 Å². The second-order valence-corrected chi connectivity index (χ2v) is 5.51. The molecule has 0 saturated heterocycles. The van der Waals surface area contributed by atoms with Gasteiger partial charge in [-0.15, -0.1) is 0 Å². The van der Waals surface area contributed by atoms with Gasteiger partial charge in [-0.25, -0.2) is 5.10 Å². The highest BCUT2D eigenvalue weighted by Crippen LogP contribution is 2.30. The van der Waals surface area contributed by atoms with Crippen LogP contribution in [0, 0.1) is 0 Å². The molecule has 0 bridgehead atoms. The van der Waals surface area contributed by atoms with Gasteiger partial charge in [0.25, 0.3) is 5.91 Å². The zero-order chi connectivity index (χ0) is 13.4. The molecule has 0 fully saturated rings. The van der Waals surface area contributed by atoms with E-state index in [0.717, 1.165) is 19.8 Å². The van der Waals surface area contributed by atoms with Crippen molar-refractivity contribution in [1.29, 1.82) is 0 Å². The van der Waals surface area contributed by atoms with E-state index in [2.05, 4.69) is 57.3 Å². The van der Waals surface area contributed by atoms with Crippen LogP contribution in [0.1, 0.15) is 10.4 Å². The first-order valence-electron chi connectivity index (χ1n) is 5.28. The van der Waals surface area contributed by atoms with Crippen molar-refractivity contribution in [2.75, 3.05) is 5.32 Å². The lowest BCUT2D eigenvalue weighted by molar-refractivity contribution is 0.102. The summed E-state index contributed by atoms with van der Waals surface area (Å²) in [5, 5.41) is 9.71. The van der Waals surface area contributed by atoms with Crippen LogP contribution in [0.25, 0.3) is 10.9 Å². The Morgan fingerprint density at radius 1 is 1.26 bits per heavy atom. The van der Waals surface area contributed by atoms with Gasteiger partial charge in [-0.2, -0.15) is 10.1 Å². The zero-order valence-electron chi connectivity index (χ0n) is 9.37. The van der Waals surface area contributed by atoms with Crippen molar-refractivity contribution in [2.45, 2.75) is 0 Å². The van der Waals surface area contributed by atoms with Crippen molar-refractivity contribution in [3.8, 4) is 0 Å². The monoisotopic (exact) mass is 383 g/mol. The van der Waals surface area contributed by atoms with Gasteiger partial charge in [0.2, 0.25) is 5.95 Å². The lowest BCUT2D eigenvalue weighted by atomic mass is 10.1. The van der Waals surface area contributed by atoms with Crippen molar-refractivity contribution in [3.63, 3.8) is 0 Å². The van der Waals surface area contributed by atoms with Crippen molar-refractivity contribution in [3.05, 3.63) is 39.2 Å². The molecular formula is C11H7Br2N5O. The molecule has 19 heavy (non-hydrogen) atoms. The summed E-state index contributed by atoms with van der Waals surface area (Å²) in [6, 6.07) is 3.79. The van der Waals surface area contributed by atoms with Gasteiger partial charge in [0, 0.05) is 26.0 Å². The Hall–Kier alpha value is -1.67. The van der Waals surface area contributed by atoms with Gasteiger partial charge >= 0.3 is 0 Å². The molecule has 1 aromatic carbocycles. The minimum atomic E-state index is -0.253. The number of aromatic nitrogens is 4. The summed E-state index contributed by atoms with van der Waals surface area (Å²) >= 11 is 6.84. The highest BCUT2D eigenvalue weighted by molar-refractivity contribution is 9.13. The Labute approximate surface area is 124 Å². The third-order valence-electron chi connectivity index (χ3n) is 2.61. The molecule has 6 nitrogen and oxygen atoms in total. The number of rotatable bonds is 2. The largest absolute Gasteiger partial charge is 0.360 e. The molecule has 3 rings (SSSR count). The quantitative estimate of drug-likeness (QED) is 0.634. The first-order chi connectivity index (χ1) is 9.15. The molecule has 3 aromatic rings. The minimum absolute atomic E-state index is 0.253. The Morgan fingerprint density at radius 3 is 2.79 bits per heavy atom. The molecule has 0 saturated carbocycles. The van der Waals surface area contributed by atoms with Crippen LogP contribution in [0.15, 0.2) is 33.6 Å². The molecule has 0 aliphatic heterocycles. The normalized spacial score (nSPS) is 10.8. The van der Waals surface area contributed by atoms with E-state index in [0.29, 0.717) is 11.5 Å². The smallest absolute Gasteiger partial charge is 0.260 e. The molecule has 2 heterocycles. The average Bonchev–Trinajstić information content (AvgIpc) is 2.99. The third kappa shape index (κ3) is 2.28. The van der Waals surface area contributed by atoms with Crippen molar-refractivity contribution < 1.29 is 4.79 Å². The molecule has 0 atom stereocenters. The second-order valence-electron chi connectivity index (χ2n) is 3.80. The van der Waals surface area contributed by atoms with Crippen LogP contribution in [0.3, 0.4) is 0 Å². The van der Waals surface area contributed by atoms with E-state index in [1.165, 1.54) is 6.33 Å². The van der Waals surface area contributed by atoms with E-state index in [-0.39, 0.29) is 5.91 Å². The fraction of sp³-hybridized carbons (Fsp3) is 0. The van der Waals surface area contributed by atoms with Crippen LogP contribution in [-0.4, -0.2) is 26.1 Å². The summed E-state index contributed by atoms with van der Waals surface area (Å²) in [6.07, 6.45) is 2.99. The van der Waals surface area contributed by atoms with Gasteiger partial charge in [0.15, 0.2) is 0 Å². The highest BCUT2D eigenvalue weighted by Gasteiger charge is 2.14. The highest BCUT2D eigenvalue weighted by atomic mass is 79.9. The maximum Gasteiger partial charge on any atom is 0.260 e. The van der Waals surface area contributed by atoms with Crippen LogP contribution in [0.2, 0.25) is 0 Å². The zero-order valence-corrected chi connectivity index (χ0v) is 12.5. The fourth-order valence-corrected chi connectivity index (χ4v) is 2.43. The number of nitrogens with zero attached hydrogens (tertiary/aromatic N) is 2. The van der Waals surface area contributed by atoms with Crippen LogP contribution in [0.5, 0.6) is 0 Å². The molecule has 0 unspecified atom stereocenters. The standard InChI is InChI=1S/C11H7Br2N5O/c12-7-1-5-6(3-14-9(5)2-8(7)13)10(19)17-11-15-4-16-18-11/h1-4,14H,(H2,15,16,17,18,19). The molecule has 0 aliphatic rings. The van der Waals surface area contributed by atoms with Gasteiger partial charge in [0.05, 0.1) is 5.56 Å². The predicted molar refractivity (Wildman–Crippen MR) is 78.0 cm³/mol. The molecule has 3 N–H and O–H groups in total. The number of aromatic amines is 2. The average molecular weight is 385 g/mol. The molecule has 1 amide bonds. The summed E-state index contributed by atoms with van der Waals surface area (Å²) < 4.78 is 1.80. The summed E-state index contributed by atoms with van der Waals surface area (Å²) in [6.45, 7) is 0. The Bertz CT molecular complexity index is 750. The molecule has 96 valence electrons. The maximum absolute atomic E-state index is 12.1. The van der Waals surface area contributed by atoms with Crippen molar-refractivity contribution in [1.82, 2.24) is 20.2 Å². The van der Waals surface area contributed by atoms with E-state index in [4.69, 9.17) is 0 Å². The number of hydrogen-bond acceptors (Lipinski definition) is 3. The van der Waals surface area contributed by atoms with E-state index in [9.17, 15) is 4.79 Å². The van der Waals surface area contributed by atoms with Crippen LogP contribution >= 0.6 is 31.9 Å². The number of hydrogen-bond donors (Lipinski definition) is 3. The lowest BCUT2D eigenvalue weighted by Crippen LogP contribution is -2.12. The molecule has 0 spiro atoms. The summed E-state index contributed by atoms with van der Waals surface area (Å²) in [7, 11) is 0. The number of fused-ring (bicyclic) bond motifs is 1. The SMILES string of the molecule is O=C(Nc1ncn[nH]1)c1c[nH]c2cc(Br)c(Br)cc12. The summed E-state index contributed by atoms with van der Waals surface area (Å²) in [5.41, 5.74) is 1.41. The lowest BCUT2D eigenvalue weighted by Gasteiger charge is -2.01. The Morgan fingerprint density at radius 2 is 2.05 bits per heavy atom. The van der Waals surface area contributed by atoms with Gasteiger partial charge in [-0.05, 0) is 44.0 Å². The predicted octanol–water partition coefficient (Wildman–Crippen LogP) is 3.06. The van der Waals surface area contributed by atoms with Gasteiger partial charge in [-0.1, -0.05) is 0 Å². The molecule has 0 aliphatic carbocycles. The first-order valence-corrected chi connectivity index (χ1v) is 6.86. The number of amides is 1. The van der Waals surface area contributed by atoms with E-state index >= 15 is 0 Å². The number of carbonyl (C=O) groups is 1. The van der Waals surface area contributed by atoms with Crippen LogP contribution < -0.4 is 5.32 Å². The Balaban J connectivity index is 2.01. The van der Waals surface area contributed by atoms with Gasteiger partial charge < -0.3 is 4.98 Å². The number of benzene rings is 1. The van der Waals surface area contributed by atoms with E-state index < -0.39 is 0 Å². The van der Waals surface area contributed by atoms with E-state index in [1.807, 2.05) is 12.1 Å². The number of carbonyl (C=O) groups excluding carboxylic acids is 1. The molecule has 2 aromatic heterocycles. The maximum atomic E-state index is 12.1. The number of nitrogens with one attached hydrogen (secondary N) is 3. The van der Waals surface area contributed by atoms with Crippen LogP contribution in [0.4, 0.5) is 5.95 Å². The Kier molecular flexibility index (Phi) is 3.11. The van der Waals surface area contributed by atoms with E-state index in [1.54, 1.807) is 6.20 Å². The molecule has 0 radical (unpaired) electrons. The number of anilines is 1. The third-order valence-corrected chi connectivity index (χ3v) is 4.46. The molecular weight excluding hydrogens is 378 g/mol. The fourth-order valence-electron chi connectivity index (χ4n) is 1.75. The van der Waals surface area contributed by atoms with Crippen molar-refractivity contribution in [2.24, 2.45) is 0 Å². The number of halogens is 2. The van der Waals surface area contributed by atoms with Gasteiger partial charge in [0.1, 0.15) is 6.33 Å². The van der Waals surface area contributed by atoms with Crippen LogP contribution in [-0.2, 0) is 0 Å². The van der Waals surface area contributed by atoms with Crippen molar-refractivity contribution >= 4 is 54.6 Å². The summed E-state index contributed by atoms with van der Waals surface area (Å²) in [5.74, 6) is 0.0627.